The van der Waals surface area contributed by atoms with Crippen molar-refractivity contribution in [3.8, 4) is 0 Å². The lowest BCUT2D eigenvalue weighted by Gasteiger charge is -2.70. The molecule has 0 aromatic rings. The van der Waals surface area contributed by atoms with Gasteiger partial charge >= 0.3 is 5.97 Å². The Morgan fingerprint density at radius 3 is 2.28 bits per heavy atom. The van der Waals surface area contributed by atoms with Crippen LogP contribution in [0.15, 0.2) is 11.6 Å². The lowest BCUT2D eigenvalue weighted by molar-refractivity contribution is -0.290. The van der Waals surface area contributed by atoms with Gasteiger partial charge in [-0.25, -0.2) is 0 Å². The first-order valence-corrected chi connectivity index (χ1v) is 17.0. The quantitative estimate of drug-likeness (QED) is 0.326. The lowest BCUT2D eigenvalue weighted by Crippen LogP contribution is -2.67. The summed E-state index contributed by atoms with van der Waals surface area (Å²) in [5, 5.41) is 30.7. The zero-order valence-electron chi connectivity index (χ0n) is 27.7. The van der Waals surface area contributed by atoms with E-state index in [0.29, 0.717) is 12.8 Å². The van der Waals surface area contributed by atoms with Gasteiger partial charge in [0.25, 0.3) is 0 Å². The lowest BCUT2D eigenvalue weighted by atomic mass is 9.33. The number of aliphatic hydroxyl groups is 2. The zero-order valence-corrected chi connectivity index (χ0v) is 27.7. The van der Waals surface area contributed by atoms with E-state index in [2.05, 4.69) is 41.5 Å². The maximum Gasteiger partial charge on any atom is 0.309 e. The number of aliphatic carboxylic acids is 1. The van der Waals surface area contributed by atoms with E-state index in [4.69, 9.17) is 9.47 Å². The standard InChI is InChI=1S/C36H56O7/c1-20-28(39)23(37)18-27(42-20)43-26-10-11-34(6)25(31(26,2)3)9-12-36(8)29(34)24(38)17-21-22-19-33(5,30(40)41)14-13-32(22,4)15-16-35(21,36)7/h17,20,22-23,25-29,37,39H,9-16,18-19H2,1-8H3,(H,40,41)/t20-,22-,23-,25-,26-,27+,28+,29-,32-,33+,34+,35-,36-/m1/s1. The van der Waals surface area contributed by atoms with Crippen molar-refractivity contribution < 1.29 is 34.4 Å². The number of carbonyl (C=O) groups is 2. The van der Waals surface area contributed by atoms with Crippen LogP contribution in [-0.2, 0) is 19.1 Å². The minimum absolute atomic E-state index is 0.0462. The first-order valence-electron chi connectivity index (χ1n) is 17.0. The van der Waals surface area contributed by atoms with Gasteiger partial charge in [-0.1, -0.05) is 47.1 Å². The van der Waals surface area contributed by atoms with Crippen molar-refractivity contribution in [2.45, 2.75) is 150 Å². The minimum atomic E-state index is -0.903. The van der Waals surface area contributed by atoms with E-state index >= 15 is 0 Å². The number of hydrogen-bond donors (Lipinski definition) is 3. The largest absolute Gasteiger partial charge is 0.481 e. The van der Waals surface area contributed by atoms with Gasteiger partial charge in [-0.05, 0) is 117 Å². The molecule has 1 aliphatic heterocycles. The van der Waals surface area contributed by atoms with Crippen LogP contribution in [0.4, 0.5) is 0 Å². The molecule has 0 spiro atoms. The maximum atomic E-state index is 14.6. The van der Waals surface area contributed by atoms with Gasteiger partial charge in [0.15, 0.2) is 12.1 Å². The molecule has 0 bridgehead atoms. The van der Waals surface area contributed by atoms with Crippen LogP contribution in [-0.4, -0.2) is 57.8 Å². The molecule has 1 saturated heterocycles. The van der Waals surface area contributed by atoms with Crippen molar-refractivity contribution in [2.24, 2.45) is 50.2 Å². The summed E-state index contributed by atoms with van der Waals surface area (Å²) in [5.41, 5.74) is -0.165. The highest BCUT2D eigenvalue weighted by Crippen LogP contribution is 2.75. The van der Waals surface area contributed by atoms with Crippen LogP contribution in [0.1, 0.15) is 120 Å². The predicted octanol–water partition coefficient (Wildman–Crippen LogP) is 6.29. The Kier molecular flexibility index (Phi) is 7.27. The van der Waals surface area contributed by atoms with Crippen molar-refractivity contribution in [1.82, 2.24) is 0 Å². The average Bonchev–Trinajstić information content (AvgIpc) is 2.91. The SMILES string of the molecule is C[C@H]1O[C@@H](O[C@@H]2CC[C@@]3(C)[C@H](CC[C@]4(C)[C@@H]3C(=O)C=C3[C@H]5C[C@@](C)(C(=O)O)CC[C@]5(C)CC[C@]34C)C2(C)C)C[C@@H](O)[C@H]1O. The second kappa shape index (κ2) is 9.86. The third-order valence-corrected chi connectivity index (χ3v) is 15.0. The van der Waals surface area contributed by atoms with Crippen molar-refractivity contribution in [2.75, 3.05) is 0 Å². The van der Waals surface area contributed by atoms with E-state index in [1.165, 1.54) is 5.57 Å². The first-order chi connectivity index (χ1) is 19.8. The molecular formula is C36H56O7. The molecule has 0 amide bonds. The van der Waals surface area contributed by atoms with Gasteiger partial charge in [0.2, 0.25) is 0 Å². The second-order valence-electron chi connectivity index (χ2n) is 17.6. The molecule has 0 unspecified atom stereocenters. The summed E-state index contributed by atoms with van der Waals surface area (Å²) >= 11 is 0. The van der Waals surface area contributed by atoms with E-state index in [1.54, 1.807) is 6.92 Å². The Morgan fingerprint density at radius 1 is 0.953 bits per heavy atom. The van der Waals surface area contributed by atoms with Crippen molar-refractivity contribution in [3.63, 3.8) is 0 Å². The second-order valence-corrected chi connectivity index (χ2v) is 17.6. The molecule has 13 atom stereocenters. The highest BCUT2D eigenvalue weighted by atomic mass is 16.7. The van der Waals surface area contributed by atoms with Gasteiger partial charge < -0.3 is 24.8 Å². The van der Waals surface area contributed by atoms with Crippen LogP contribution in [0.5, 0.6) is 0 Å². The van der Waals surface area contributed by atoms with Crippen LogP contribution in [0, 0.1) is 50.2 Å². The molecule has 43 heavy (non-hydrogen) atoms. The molecule has 5 fully saturated rings. The van der Waals surface area contributed by atoms with Gasteiger partial charge in [0.05, 0.1) is 23.7 Å². The third-order valence-electron chi connectivity index (χ3n) is 15.0. The van der Waals surface area contributed by atoms with Gasteiger partial charge in [0.1, 0.15) is 6.10 Å². The molecule has 5 aliphatic carbocycles. The smallest absolute Gasteiger partial charge is 0.309 e. The fraction of sp³-hybridized carbons (Fsp3) is 0.889. The van der Waals surface area contributed by atoms with E-state index in [0.717, 1.165) is 44.9 Å². The molecule has 4 saturated carbocycles. The Labute approximate surface area is 258 Å². The summed E-state index contributed by atoms with van der Waals surface area (Å²) in [4.78, 5) is 27.0. The Bertz CT molecular complexity index is 1200. The average molecular weight is 601 g/mol. The molecule has 1 heterocycles. The number of allylic oxidation sites excluding steroid dienone is 2. The number of hydrogen-bond acceptors (Lipinski definition) is 6. The van der Waals surface area contributed by atoms with Crippen LogP contribution in [0.3, 0.4) is 0 Å². The highest BCUT2D eigenvalue weighted by Gasteiger charge is 2.70. The minimum Gasteiger partial charge on any atom is -0.481 e. The molecule has 0 radical (unpaired) electrons. The molecule has 7 nitrogen and oxygen atoms in total. The number of carbonyl (C=O) groups excluding carboxylic acids is 1. The Hall–Kier alpha value is -1.28. The Balaban J connectivity index is 1.32. The van der Waals surface area contributed by atoms with E-state index in [1.807, 2.05) is 13.0 Å². The molecule has 0 aromatic carbocycles. The van der Waals surface area contributed by atoms with Gasteiger partial charge in [-0.15, -0.1) is 0 Å². The molecule has 242 valence electrons. The topological polar surface area (TPSA) is 113 Å². The van der Waals surface area contributed by atoms with Gasteiger partial charge in [-0.2, -0.15) is 0 Å². The van der Waals surface area contributed by atoms with Gasteiger partial charge in [0, 0.05) is 12.3 Å². The summed E-state index contributed by atoms with van der Waals surface area (Å²) in [6.07, 6.45) is 7.45. The zero-order chi connectivity index (χ0) is 31.5. The number of carboxylic acid groups (broad SMARTS) is 1. The highest BCUT2D eigenvalue weighted by molar-refractivity contribution is 5.95. The van der Waals surface area contributed by atoms with E-state index in [-0.39, 0.29) is 63.1 Å². The summed E-state index contributed by atoms with van der Waals surface area (Å²) in [6.45, 7) is 17.8. The number of fused-ring (bicyclic) bond motifs is 7. The van der Waals surface area contributed by atoms with Gasteiger partial charge in [-0.3, -0.25) is 9.59 Å². The number of ether oxygens (including phenoxy) is 2. The van der Waals surface area contributed by atoms with Crippen molar-refractivity contribution in [3.05, 3.63) is 11.6 Å². The number of aliphatic hydroxyl groups excluding tert-OH is 2. The molecule has 3 N–H and O–H groups in total. The molecular weight excluding hydrogens is 544 g/mol. The van der Waals surface area contributed by atoms with Crippen LogP contribution in [0.25, 0.3) is 0 Å². The number of ketones is 1. The summed E-state index contributed by atoms with van der Waals surface area (Å²) in [6, 6.07) is 0. The summed E-state index contributed by atoms with van der Waals surface area (Å²) in [5.74, 6) is -0.128. The van der Waals surface area contributed by atoms with Crippen LogP contribution in [0.2, 0.25) is 0 Å². The van der Waals surface area contributed by atoms with E-state index < -0.39 is 36.0 Å². The fourth-order valence-electron chi connectivity index (χ4n) is 11.9. The van der Waals surface area contributed by atoms with Crippen LogP contribution >= 0.6 is 0 Å². The van der Waals surface area contributed by atoms with Crippen LogP contribution < -0.4 is 0 Å². The third kappa shape index (κ3) is 4.33. The van der Waals surface area contributed by atoms with Crippen molar-refractivity contribution >= 4 is 11.8 Å². The van der Waals surface area contributed by atoms with E-state index in [9.17, 15) is 24.9 Å². The maximum absolute atomic E-state index is 14.6. The molecule has 6 rings (SSSR count). The normalized spacial score (nSPS) is 54.4. The molecule has 6 aliphatic rings. The summed E-state index contributed by atoms with van der Waals surface area (Å²) in [7, 11) is 0. The summed E-state index contributed by atoms with van der Waals surface area (Å²) < 4.78 is 12.6. The molecule has 0 aromatic heterocycles. The van der Waals surface area contributed by atoms with Crippen molar-refractivity contribution in [1.29, 1.82) is 0 Å². The molecule has 7 heteroatoms. The Morgan fingerprint density at radius 2 is 1.63 bits per heavy atom. The first kappa shape index (κ1) is 31.7. The number of carboxylic acids is 1. The number of rotatable bonds is 3. The predicted molar refractivity (Wildman–Crippen MR) is 163 cm³/mol. The fourth-order valence-corrected chi connectivity index (χ4v) is 11.9. The monoisotopic (exact) mass is 600 g/mol.